The van der Waals surface area contributed by atoms with Crippen molar-refractivity contribution in [2.24, 2.45) is 0 Å². The van der Waals surface area contributed by atoms with Gasteiger partial charge in [-0.3, -0.25) is 9.71 Å². The predicted octanol–water partition coefficient (Wildman–Crippen LogP) is 2.14. The van der Waals surface area contributed by atoms with E-state index in [9.17, 15) is 8.42 Å². The van der Waals surface area contributed by atoms with Crippen molar-refractivity contribution in [1.29, 1.82) is 0 Å². The van der Waals surface area contributed by atoms with Gasteiger partial charge in [0.15, 0.2) is 0 Å². The summed E-state index contributed by atoms with van der Waals surface area (Å²) in [6.07, 6.45) is 3.84. The average molecular weight is 391 g/mol. The Hall–Kier alpha value is -2.26. The minimum Gasteiger partial charge on any atom is -0.378 e. The Balaban J connectivity index is 2.03. The van der Waals surface area contributed by atoms with Crippen molar-refractivity contribution in [2.45, 2.75) is 27.2 Å². The Morgan fingerprint density at radius 1 is 1.15 bits per heavy atom. The highest BCUT2D eigenvalue weighted by Crippen LogP contribution is 2.33. The molecule has 1 saturated heterocycles. The number of hydrogen-bond acceptors (Lipinski definition) is 7. The van der Waals surface area contributed by atoms with E-state index >= 15 is 0 Å². The maximum absolute atomic E-state index is 12.2. The Morgan fingerprint density at radius 3 is 2.59 bits per heavy atom. The normalized spacial score (nSPS) is 15.0. The summed E-state index contributed by atoms with van der Waals surface area (Å²) < 4.78 is 32.5. The number of pyridine rings is 1. The first-order valence-electron chi connectivity index (χ1n) is 9.03. The molecule has 8 nitrogen and oxygen atoms in total. The van der Waals surface area contributed by atoms with Gasteiger partial charge in [-0.15, -0.1) is 0 Å². The number of aryl methyl sites for hydroxylation is 2. The first-order chi connectivity index (χ1) is 12.9. The van der Waals surface area contributed by atoms with Crippen LogP contribution in [0.1, 0.15) is 24.7 Å². The molecule has 1 fully saturated rings. The maximum Gasteiger partial charge on any atom is 0.232 e. The smallest absolute Gasteiger partial charge is 0.232 e. The van der Waals surface area contributed by atoms with E-state index in [-0.39, 0.29) is 5.75 Å². The fourth-order valence-corrected chi connectivity index (χ4v) is 4.26. The summed E-state index contributed by atoms with van der Waals surface area (Å²) in [4.78, 5) is 15.4. The van der Waals surface area contributed by atoms with Crippen LogP contribution in [0.15, 0.2) is 18.6 Å². The molecule has 3 heterocycles. The van der Waals surface area contributed by atoms with Crippen LogP contribution in [0.5, 0.6) is 0 Å². The molecule has 27 heavy (non-hydrogen) atoms. The van der Waals surface area contributed by atoms with E-state index in [2.05, 4.69) is 24.6 Å². The minimum absolute atomic E-state index is 0.0726. The van der Waals surface area contributed by atoms with Gasteiger partial charge in [0.25, 0.3) is 0 Å². The molecule has 2 aromatic heterocycles. The lowest BCUT2D eigenvalue weighted by Gasteiger charge is -2.29. The zero-order valence-electron chi connectivity index (χ0n) is 15.9. The first-order valence-corrected chi connectivity index (χ1v) is 10.7. The van der Waals surface area contributed by atoms with Gasteiger partial charge in [0, 0.05) is 30.4 Å². The Kier molecular flexibility index (Phi) is 5.91. The van der Waals surface area contributed by atoms with Crippen LogP contribution in [0, 0.1) is 13.8 Å². The number of rotatable bonds is 6. The molecular formula is C18H25N5O3S. The Labute approximate surface area is 160 Å². The van der Waals surface area contributed by atoms with Crippen molar-refractivity contribution in [2.75, 3.05) is 41.7 Å². The van der Waals surface area contributed by atoms with Gasteiger partial charge in [-0.1, -0.05) is 6.92 Å². The monoisotopic (exact) mass is 391 g/mol. The lowest BCUT2D eigenvalue weighted by molar-refractivity contribution is 0.122. The van der Waals surface area contributed by atoms with Crippen LogP contribution in [0.3, 0.4) is 0 Å². The summed E-state index contributed by atoms with van der Waals surface area (Å²) in [6.45, 7) is 8.33. The first kappa shape index (κ1) is 19.5. The largest absolute Gasteiger partial charge is 0.378 e. The number of anilines is 2. The molecule has 0 aliphatic carbocycles. The molecular weight excluding hydrogens is 366 g/mol. The van der Waals surface area contributed by atoms with Crippen molar-refractivity contribution >= 4 is 21.5 Å². The Bertz CT molecular complexity index is 911. The summed E-state index contributed by atoms with van der Waals surface area (Å²) in [7, 11) is -3.40. The van der Waals surface area contributed by atoms with Gasteiger partial charge in [-0.25, -0.2) is 18.4 Å². The van der Waals surface area contributed by atoms with E-state index in [4.69, 9.17) is 4.74 Å². The molecule has 0 radical (unpaired) electrons. The maximum atomic E-state index is 12.2. The summed E-state index contributed by atoms with van der Waals surface area (Å²) in [5.41, 5.74) is 3.58. The van der Waals surface area contributed by atoms with Gasteiger partial charge < -0.3 is 9.64 Å². The highest BCUT2D eigenvalue weighted by atomic mass is 32.2. The second-order valence-electron chi connectivity index (χ2n) is 6.54. The summed E-state index contributed by atoms with van der Waals surface area (Å²) in [5, 5.41) is 0. The molecule has 9 heteroatoms. The fourth-order valence-electron chi connectivity index (χ4n) is 3.07. The SMILES string of the molecule is CCCS(=O)(=O)Nc1cc(-c2c(C)ncnc2N2CCOCC2)cnc1C. The molecule has 0 amide bonds. The van der Waals surface area contributed by atoms with Gasteiger partial charge in [-0.2, -0.15) is 0 Å². The zero-order chi connectivity index (χ0) is 19.4. The molecule has 0 aromatic carbocycles. The van der Waals surface area contributed by atoms with Crippen LogP contribution in [0.4, 0.5) is 11.5 Å². The van der Waals surface area contributed by atoms with Gasteiger partial charge in [0.05, 0.1) is 36.0 Å². The number of ether oxygens (including phenoxy) is 1. The van der Waals surface area contributed by atoms with E-state index in [1.54, 1.807) is 19.4 Å². The van der Waals surface area contributed by atoms with Gasteiger partial charge in [-0.05, 0) is 26.3 Å². The lowest BCUT2D eigenvalue weighted by atomic mass is 10.0. The quantitative estimate of drug-likeness (QED) is 0.806. The van der Waals surface area contributed by atoms with Crippen LogP contribution in [0.25, 0.3) is 11.1 Å². The second kappa shape index (κ2) is 8.18. The van der Waals surface area contributed by atoms with Crippen molar-refractivity contribution in [1.82, 2.24) is 15.0 Å². The van der Waals surface area contributed by atoms with Crippen LogP contribution < -0.4 is 9.62 Å². The van der Waals surface area contributed by atoms with Crippen LogP contribution in [-0.2, 0) is 14.8 Å². The molecule has 0 spiro atoms. The lowest BCUT2D eigenvalue weighted by Crippen LogP contribution is -2.37. The van der Waals surface area contributed by atoms with Crippen molar-refractivity contribution in [3.05, 3.63) is 30.0 Å². The average Bonchev–Trinajstić information content (AvgIpc) is 2.64. The van der Waals surface area contributed by atoms with E-state index in [0.717, 1.165) is 35.7 Å². The van der Waals surface area contributed by atoms with Crippen LogP contribution >= 0.6 is 0 Å². The molecule has 0 unspecified atom stereocenters. The van der Waals surface area contributed by atoms with E-state index < -0.39 is 10.0 Å². The van der Waals surface area contributed by atoms with Gasteiger partial charge >= 0.3 is 0 Å². The van der Waals surface area contributed by atoms with Crippen molar-refractivity contribution in [3.8, 4) is 11.1 Å². The van der Waals surface area contributed by atoms with Crippen molar-refractivity contribution < 1.29 is 13.2 Å². The highest BCUT2D eigenvalue weighted by molar-refractivity contribution is 7.92. The number of aromatic nitrogens is 3. The molecule has 0 atom stereocenters. The molecule has 3 rings (SSSR count). The predicted molar refractivity (Wildman–Crippen MR) is 105 cm³/mol. The number of hydrogen-bond donors (Lipinski definition) is 1. The van der Waals surface area contributed by atoms with E-state index in [0.29, 0.717) is 31.0 Å². The number of morpholine rings is 1. The fraction of sp³-hybridized carbons (Fsp3) is 0.500. The third kappa shape index (κ3) is 4.54. The number of nitrogens with zero attached hydrogens (tertiary/aromatic N) is 4. The molecule has 2 aromatic rings. The van der Waals surface area contributed by atoms with Gasteiger partial charge in [0.2, 0.25) is 10.0 Å². The van der Waals surface area contributed by atoms with Crippen LogP contribution in [0.2, 0.25) is 0 Å². The summed E-state index contributed by atoms with van der Waals surface area (Å²) in [5.74, 6) is 0.891. The minimum atomic E-state index is -3.40. The number of nitrogens with one attached hydrogen (secondary N) is 1. The molecule has 1 aliphatic rings. The Morgan fingerprint density at radius 2 is 1.89 bits per heavy atom. The topological polar surface area (TPSA) is 97.3 Å². The van der Waals surface area contributed by atoms with E-state index in [1.165, 1.54) is 0 Å². The highest BCUT2D eigenvalue weighted by Gasteiger charge is 2.21. The number of sulfonamides is 1. The standard InChI is InChI=1S/C18H25N5O3S/c1-4-9-27(24,25)22-16-10-15(11-19-13(16)2)17-14(3)20-12-21-18(17)23-5-7-26-8-6-23/h10-12,22H,4-9H2,1-3H3. The third-order valence-electron chi connectivity index (χ3n) is 4.44. The molecule has 146 valence electrons. The second-order valence-corrected chi connectivity index (χ2v) is 8.38. The van der Waals surface area contributed by atoms with E-state index in [1.807, 2.05) is 19.9 Å². The van der Waals surface area contributed by atoms with Crippen LogP contribution in [-0.4, -0.2) is 55.4 Å². The van der Waals surface area contributed by atoms with Crippen molar-refractivity contribution in [3.63, 3.8) is 0 Å². The molecule has 0 saturated carbocycles. The van der Waals surface area contributed by atoms with Gasteiger partial charge in [0.1, 0.15) is 12.1 Å². The molecule has 1 N–H and O–H groups in total. The summed E-state index contributed by atoms with van der Waals surface area (Å²) in [6, 6.07) is 1.81. The zero-order valence-corrected chi connectivity index (χ0v) is 16.7. The summed E-state index contributed by atoms with van der Waals surface area (Å²) >= 11 is 0. The third-order valence-corrected chi connectivity index (χ3v) is 5.92. The molecule has 1 aliphatic heterocycles. The molecule has 0 bridgehead atoms.